The Morgan fingerprint density at radius 2 is 2.32 bits per heavy atom. The van der Waals surface area contributed by atoms with Gasteiger partial charge in [-0.15, -0.1) is 11.3 Å². The number of nitrogens with zero attached hydrogens (tertiary/aromatic N) is 2. The van der Waals surface area contributed by atoms with Crippen LogP contribution in [-0.2, 0) is 26.3 Å². The molecule has 1 aliphatic rings. The number of nitrogens with one attached hydrogen (secondary N) is 1. The first kappa shape index (κ1) is 18.3. The van der Waals surface area contributed by atoms with E-state index in [1.165, 1.54) is 34.4 Å². The third-order valence-electron chi connectivity index (χ3n) is 3.44. The standard InChI is InChI=1S/C14H16N4O4S3/c1-7(11(15)20)24-13-17-8(4-23-13)2-10(19)18-12-16-3-9(25-12)14(21)5-22-6-14/h3-4,7,21H,2,5-6H2,1H3,(H2,15,20)(H,16,18,19). The summed E-state index contributed by atoms with van der Waals surface area (Å²) >= 11 is 3.86. The van der Waals surface area contributed by atoms with E-state index in [9.17, 15) is 14.7 Å². The normalized spacial score (nSPS) is 16.9. The van der Waals surface area contributed by atoms with Gasteiger partial charge in [0.05, 0.1) is 35.5 Å². The molecule has 2 aromatic heterocycles. The Kier molecular flexibility index (Phi) is 5.39. The summed E-state index contributed by atoms with van der Waals surface area (Å²) in [4.78, 5) is 32.3. The molecule has 0 saturated carbocycles. The van der Waals surface area contributed by atoms with Crippen LogP contribution in [0.25, 0.3) is 0 Å². The van der Waals surface area contributed by atoms with Crippen LogP contribution >= 0.6 is 34.4 Å². The fourth-order valence-corrected chi connectivity index (χ4v) is 4.77. The molecule has 1 saturated heterocycles. The van der Waals surface area contributed by atoms with Gasteiger partial charge in [-0.2, -0.15) is 0 Å². The molecular weight excluding hydrogens is 384 g/mol. The van der Waals surface area contributed by atoms with E-state index >= 15 is 0 Å². The van der Waals surface area contributed by atoms with Crippen molar-refractivity contribution < 1.29 is 19.4 Å². The highest BCUT2D eigenvalue weighted by molar-refractivity contribution is 8.02. The molecule has 0 aliphatic carbocycles. The maximum absolute atomic E-state index is 12.1. The maximum atomic E-state index is 12.1. The molecule has 3 heterocycles. The number of primary amides is 1. The number of ether oxygens (including phenoxy) is 1. The van der Waals surface area contributed by atoms with Gasteiger partial charge in [0.2, 0.25) is 11.8 Å². The van der Waals surface area contributed by atoms with Gasteiger partial charge in [0.1, 0.15) is 5.60 Å². The number of thioether (sulfide) groups is 1. The molecule has 4 N–H and O–H groups in total. The first-order chi connectivity index (χ1) is 11.9. The van der Waals surface area contributed by atoms with Crippen molar-refractivity contribution in [2.75, 3.05) is 18.5 Å². The van der Waals surface area contributed by atoms with Gasteiger partial charge in [-0.25, -0.2) is 9.97 Å². The minimum atomic E-state index is -0.987. The lowest BCUT2D eigenvalue weighted by molar-refractivity contribution is -0.182. The van der Waals surface area contributed by atoms with Crippen LogP contribution in [0, 0.1) is 0 Å². The van der Waals surface area contributed by atoms with E-state index in [1.54, 1.807) is 18.5 Å². The summed E-state index contributed by atoms with van der Waals surface area (Å²) in [5.41, 5.74) is 4.85. The molecule has 0 aromatic carbocycles. The summed E-state index contributed by atoms with van der Waals surface area (Å²) in [6, 6.07) is 0. The van der Waals surface area contributed by atoms with E-state index < -0.39 is 11.5 Å². The van der Waals surface area contributed by atoms with Crippen LogP contribution in [0.2, 0.25) is 0 Å². The van der Waals surface area contributed by atoms with E-state index in [0.29, 0.717) is 20.0 Å². The molecule has 0 radical (unpaired) electrons. The number of amides is 2. The molecule has 8 nitrogen and oxygen atoms in total. The molecule has 2 amide bonds. The van der Waals surface area contributed by atoms with Gasteiger partial charge < -0.3 is 20.9 Å². The van der Waals surface area contributed by atoms with Crippen LogP contribution in [0.5, 0.6) is 0 Å². The van der Waals surface area contributed by atoms with Crippen LogP contribution in [0.1, 0.15) is 17.5 Å². The lowest BCUT2D eigenvalue weighted by Crippen LogP contribution is -2.45. The topological polar surface area (TPSA) is 127 Å². The smallest absolute Gasteiger partial charge is 0.232 e. The molecule has 1 aliphatic heterocycles. The number of nitrogens with two attached hydrogens (primary N) is 1. The van der Waals surface area contributed by atoms with Crippen molar-refractivity contribution in [3.63, 3.8) is 0 Å². The Hall–Kier alpha value is -1.53. The molecule has 0 spiro atoms. The molecule has 11 heteroatoms. The highest BCUT2D eigenvalue weighted by atomic mass is 32.2. The monoisotopic (exact) mass is 400 g/mol. The third-order valence-corrected chi connectivity index (χ3v) is 6.69. The lowest BCUT2D eigenvalue weighted by Gasteiger charge is -2.34. The van der Waals surface area contributed by atoms with Crippen LogP contribution in [0.15, 0.2) is 15.9 Å². The second-order valence-electron chi connectivity index (χ2n) is 5.55. The first-order valence-electron chi connectivity index (χ1n) is 7.32. The maximum Gasteiger partial charge on any atom is 0.232 e. The Morgan fingerprint density at radius 1 is 1.56 bits per heavy atom. The van der Waals surface area contributed by atoms with Crippen molar-refractivity contribution in [2.24, 2.45) is 5.73 Å². The highest BCUT2D eigenvalue weighted by Crippen LogP contribution is 2.34. The van der Waals surface area contributed by atoms with Crippen LogP contribution in [0.3, 0.4) is 0 Å². The van der Waals surface area contributed by atoms with Gasteiger partial charge in [-0.3, -0.25) is 9.59 Å². The molecule has 25 heavy (non-hydrogen) atoms. The average molecular weight is 401 g/mol. The number of hydrogen-bond acceptors (Lipinski definition) is 9. The predicted molar refractivity (Wildman–Crippen MR) is 95.8 cm³/mol. The number of anilines is 1. The SMILES string of the molecule is CC(Sc1nc(CC(=O)Nc2ncc(C3(O)COC3)s2)cs1)C(N)=O. The summed E-state index contributed by atoms with van der Waals surface area (Å²) in [5, 5.41) is 14.7. The van der Waals surface area contributed by atoms with E-state index in [1.807, 2.05) is 0 Å². The van der Waals surface area contributed by atoms with Crippen molar-refractivity contribution >= 4 is 51.4 Å². The molecule has 1 unspecified atom stereocenters. The Morgan fingerprint density at radius 3 is 2.96 bits per heavy atom. The molecule has 134 valence electrons. The molecule has 1 fully saturated rings. The average Bonchev–Trinajstić information content (AvgIpc) is 3.14. The van der Waals surface area contributed by atoms with Gasteiger partial charge in [-0.1, -0.05) is 23.1 Å². The van der Waals surface area contributed by atoms with Crippen LogP contribution in [0.4, 0.5) is 5.13 Å². The number of aromatic nitrogens is 2. The van der Waals surface area contributed by atoms with E-state index in [0.717, 1.165) is 0 Å². The third kappa shape index (κ3) is 4.36. The summed E-state index contributed by atoms with van der Waals surface area (Å²) in [6.07, 6.45) is 1.65. The van der Waals surface area contributed by atoms with Gasteiger partial charge >= 0.3 is 0 Å². The highest BCUT2D eigenvalue weighted by Gasteiger charge is 2.39. The summed E-state index contributed by atoms with van der Waals surface area (Å²) in [6.45, 7) is 2.19. The summed E-state index contributed by atoms with van der Waals surface area (Å²) in [5.74, 6) is -0.653. The minimum Gasteiger partial charge on any atom is -0.379 e. The predicted octanol–water partition coefficient (Wildman–Crippen LogP) is 0.965. The van der Waals surface area contributed by atoms with E-state index in [-0.39, 0.29) is 30.8 Å². The second kappa shape index (κ2) is 7.38. The minimum absolute atomic E-state index is 0.101. The fourth-order valence-electron chi connectivity index (χ4n) is 1.95. The first-order valence-corrected chi connectivity index (χ1v) is 9.90. The van der Waals surface area contributed by atoms with Crippen LogP contribution < -0.4 is 11.1 Å². The van der Waals surface area contributed by atoms with Crippen molar-refractivity contribution in [1.82, 2.24) is 9.97 Å². The molecule has 2 aromatic rings. The van der Waals surface area contributed by atoms with Crippen LogP contribution in [-0.4, -0.2) is 45.4 Å². The quantitative estimate of drug-likeness (QED) is 0.591. The molecular formula is C14H16N4O4S3. The number of thiazole rings is 2. The zero-order valence-electron chi connectivity index (χ0n) is 13.2. The Bertz CT molecular complexity index is 787. The zero-order valence-corrected chi connectivity index (χ0v) is 15.7. The van der Waals surface area contributed by atoms with Gasteiger partial charge in [0, 0.05) is 11.6 Å². The summed E-state index contributed by atoms with van der Waals surface area (Å²) in [7, 11) is 0. The van der Waals surface area contributed by atoms with Gasteiger partial charge in [0.15, 0.2) is 9.47 Å². The molecule has 1 atom stereocenters. The summed E-state index contributed by atoms with van der Waals surface area (Å²) < 4.78 is 5.70. The fraction of sp³-hybridized carbons (Fsp3) is 0.429. The zero-order chi connectivity index (χ0) is 18.0. The number of rotatable bonds is 7. The second-order valence-corrected chi connectivity index (χ2v) is 9.02. The number of hydrogen-bond donors (Lipinski definition) is 3. The van der Waals surface area contributed by atoms with E-state index in [4.69, 9.17) is 10.5 Å². The lowest BCUT2D eigenvalue weighted by atomic mass is 10.0. The molecule has 3 rings (SSSR count). The number of aliphatic hydroxyl groups is 1. The Balaban J connectivity index is 1.54. The van der Waals surface area contributed by atoms with Crippen molar-refractivity contribution in [2.45, 2.75) is 28.5 Å². The number of carbonyl (C=O) groups excluding carboxylic acids is 2. The van der Waals surface area contributed by atoms with Crippen molar-refractivity contribution in [3.8, 4) is 0 Å². The number of carbonyl (C=O) groups is 2. The van der Waals surface area contributed by atoms with E-state index in [2.05, 4.69) is 15.3 Å². The van der Waals surface area contributed by atoms with Gasteiger partial charge in [0.25, 0.3) is 0 Å². The van der Waals surface area contributed by atoms with Gasteiger partial charge in [-0.05, 0) is 6.92 Å². The van der Waals surface area contributed by atoms with Crippen molar-refractivity contribution in [3.05, 3.63) is 22.1 Å². The van der Waals surface area contributed by atoms with Crippen molar-refractivity contribution in [1.29, 1.82) is 0 Å². The largest absolute Gasteiger partial charge is 0.379 e. The Labute approximate surface area is 155 Å². The molecule has 0 bridgehead atoms.